The van der Waals surface area contributed by atoms with Crippen molar-refractivity contribution in [3.8, 4) is 0 Å². The van der Waals surface area contributed by atoms with Gasteiger partial charge in [-0.15, -0.1) is 10.1 Å². The van der Waals surface area contributed by atoms with Gasteiger partial charge < -0.3 is 15.5 Å². The molecule has 0 radical (unpaired) electrons. The van der Waals surface area contributed by atoms with Crippen LogP contribution in [0.3, 0.4) is 0 Å². The molecule has 0 aliphatic carbocycles. The molecular weight excluding hydrogens is 190 g/mol. The first kappa shape index (κ1) is 10.7. The minimum absolute atomic E-state index is 0.0131. The van der Waals surface area contributed by atoms with Gasteiger partial charge in [-0.1, -0.05) is 0 Å². The fourth-order valence-corrected chi connectivity index (χ4v) is 1.46. The van der Waals surface area contributed by atoms with E-state index in [1.54, 1.807) is 4.90 Å². The summed E-state index contributed by atoms with van der Waals surface area (Å²) in [5, 5.41) is 9.24. The first-order valence-corrected chi connectivity index (χ1v) is 4.42. The van der Waals surface area contributed by atoms with Gasteiger partial charge in [-0.3, -0.25) is 4.79 Å². The highest BCUT2D eigenvalue weighted by molar-refractivity contribution is 5.78. The van der Waals surface area contributed by atoms with E-state index < -0.39 is 5.09 Å². The van der Waals surface area contributed by atoms with Gasteiger partial charge in [0, 0.05) is 13.1 Å². The molecule has 1 heterocycles. The second kappa shape index (κ2) is 4.75. The van der Waals surface area contributed by atoms with Crippen molar-refractivity contribution in [3.63, 3.8) is 0 Å². The summed E-state index contributed by atoms with van der Waals surface area (Å²) in [5.41, 5.74) is 5.19. The summed E-state index contributed by atoms with van der Waals surface area (Å²) < 4.78 is 0. The third-order valence-corrected chi connectivity index (χ3v) is 2.20. The van der Waals surface area contributed by atoms with Gasteiger partial charge >= 0.3 is 0 Å². The molecule has 0 aromatic heterocycles. The molecule has 2 N–H and O–H groups in total. The zero-order valence-corrected chi connectivity index (χ0v) is 7.72. The third kappa shape index (κ3) is 2.84. The van der Waals surface area contributed by atoms with Gasteiger partial charge in [0.2, 0.25) is 5.91 Å². The summed E-state index contributed by atoms with van der Waals surface area (Å²) >= 11 is 0. The Bertz CT molecular complexity index is 225. The molecule has 1 saturated heterocycles. The van der Waals surface area contributed by atoms with Crippen LogP contribution < -0.4 is 5.73 Å². The van der Waals surface area contributed by atoms with E-state index in [4.69, 9.17) is 5.73 Å². The van der Waals surface area contributed by atoms with Crippen molar-refractivity contribution in [1.82, 2.24) is 4.90 Å². The van der Waals surface area contributed by atoms with Crippen LogP contribution in [0.25, 0.3) is 0 Å². The van der Waals surface area contributed by atoms with Gasteiger partial charge in [0.1, 0.15) is 6.10 Å². The number of piperidine rings is 1. The SMILES string of the molecule is NCC(=O)N1CCC(O[N+](=O)[O-])CC1. The number of amides is 1. The maximum absolute atomic E-state index is 11.1. The van der Waals surface area contributed by atoms with Crippen molar-refractivity contribution in [2.45, 2.75) is 18.9 Å². The summed E-state index contributed by atoms with van der Waals surface area (Å²) in [6.45, 7) is 0.948. The van der Waals surface area contributed by atoms with Crippen molar-refractivity contribution in [3.05, 3.63) is 10.1 Å². The summed E-state index contributed by atoms with van der Waals surface area (Å²) in [7, 11) is 0. The molecule has 1 fully saturated rings. The minimum Gasteiger partial charge on any atom is -0.341 e. The molecule has 0 spiro atoms. The molecule has 0 aromatic rings. The lowest BCUT2D eigenvalue weighted by Crippen LogP contribution is -2.43. The normalized spacial score (nSPS) is 17.9. The highest BCUT2D eigenvalue weighted by Gasteiger charge is 2.23. The van der Waals surface area contributed by atoms with Crippen LogP contribution in [0.15, 0.2) is 0 Å². The molecule has 1 aliphatic heterocycles. The molecule has 0 bridgehead atoms. The predicted octanol–water partition coefficient (Wildman–Crippen LogP) is -0.856. The van der Waals surface area contributed by atoms with Crippen LogP contribution in [0.4, 0.5) is 0 Å². The Balaban J connectivity index is 2.31. The molecule has 0 unspecified atom stereocenters. The Kier molecular flexibility index (Phi) is 3.63. The molecule has 0 saturated carbocycles. The van der Waals surface area contributed by atoms with Gasteiger partial charge in [-0.2, -0.15) is 0 Å². The Hall–Kier alpha value is -1.37. The van der Waals surface area contributed by atoms with Crippen LogP contribution in [-0.4, -0.2) is 41.6 Å². The van der Waals surface area contributed by atoms with Crippen LogP contribution in [0, 0.1) is 10.1 Å². The van der Waals surface area contributed by atoms with E-state index >= 15 is 0 Å². The van der Waals surface area contributed by atoms with E-state index in [0.29, 0.717) is 25.9 Å². The zero-order chi connectivity index (χ0) is 10.6. The Morgan fingerprint density at radius 2 is 2.14 bits per heavy atom. The molecule has 1 rings (SSSR count). The fraction of sp³-hybridized carbons (Fsp3) is 0.857. The van der Waals surface area contributed by atoms with E-state index in [1.165, 1.54) is 0 Å². The number of carbonyl (C=O) groups excluding carboxylic acids is 1. The smallest absolute Gasteiger partial charge is 0.294 e. The van der Waals surface area contributed by atoms with Gasteiger partial charge in [0.15, 0.2) is 0 Å². The van der Waals surface area contributed by atoms with Crippen molar-refractivity contribution in [1.29, 1.82) is 0 Å². The van der Waals surface area contributed by atoms with Gasteiger partial charge in [-0.25, -0.2) is 0 Å². The lowest BCUT2D eigenvalue weighted by molar-refractivity contribution is -0.769. The van der Waals surface area contributed by atoms with Crippen LogP contribution >= 0.6 is 0 Å². The average molecular weight is 203 g/mol. The lowest BCUT2D eigenvalue weighted by Gasteiger charge is -2.30. The summed E-state index contributed by atoms with van der Waals surface area (Å²) in [6.07, 6.45) is 0.603. The van der Waals surface area contributed by atoms with Gasteiger partial charge in [-0.05, 0) is 12.8 Å². The largest absolute Gasteiger partial charge is 0.341 e. The molecule has 1 aliphatic rings. The lowest BCUT2D eigenvalue weighted by atomic mass is 10.1. The van der Waals surface area contributed by atoms with Crippen molar-refractivity contribution in [2.75, 3.05) is 19.6 Å². The fourth-order valence-electron chi connectivity index (χ4n) is 1.46. The molecule has 0 aromatic carbocycles. The number of hydrogen-bond acceptors (Lipinski definition) is 5. The second-order valence-corrected chi connectivity index (χ2v) is 3.11. The Morgan fingerprint density at radius 3 is 2.57 bits per heavy atom. The highest BCUT2D eigenvalue weighted by atomic mass is 17.0. The van der Waals surface area contributed by atoms with Crippen LogP contribution in [0.2, 0.25) is 0 Å². The molecular formula is C7H13N3O4. The third-order valence-electron chi connectivity index (χ3n) is 2.20. The number of rotatable bonds is 3. The Morgan fingerprint density at radius 1 is 1.57 bits per heavy atom. The first-order valence-electron chi connectivity index (χ1n) is 4.42. The Labute approximate surface area is 80.9 Å². The predicted molar refractivity (Wildman–Crippen MR) is 46.7 cm³/mol. The zero-order valence-electron chi connectivity index (χ0n) is 7.72. The minimum atomic E-state index is -0.787. The molecule has 80 valence electrons. The van der Waals surface area contributed by atoms with Crippen molar-refractivity contribution >= 4 is 5.91 Å². The number of hydrogen-bond donors (Lipinski definition) is 1. The van der Waals surface area contributed by atoms with E-state index in [9.17, 15) is 14.9 Å². The van der Waals surface area contributed by atoms with Crippen LogP contribution in [-0.2, 0) is 9.63 Å². The maximum Gasteiger partial charge on any atom is 0.294 e. The molecule has 7 nitrogen and oxygen atoms in total. The molecule has 0 atom stereocenters. The van der Waals surface area contributed by atoms with Crippen LogP contribution in [0.1, 0.15) is 12.8 Å². The van der Waals surface area contributed by atoms with E-state index in [0.717, 1.165) is 0 Å². The average Bonchev–Trinajstić information content (AvgIpc) is 2.17. The quantitative estimate of drug-likeness (QED) is 0.475. The number of carbonyl (C=O) groups is 1. The monoisotopic (exact) mass is 203 g/mol. The van der Waals surface area contributed by atoms with Gasteiger partial charge in [0.05, 0.1) is 6.54 Å². The van der Waals surface area contributed by atoms with Crippen molar-refractivity contribution in [2.24, 2.45) is 5.73 Å². The second-order valence-electron chi connectivity index (χ2n) is 3.11. The highest BCUT2D eigenvalue weighted by Crippen LogP contribution is 2.13. The first-order chi connectivity index (χ1) is 6.63. The summed E-state index contributed by atoms with van der Waals surface area (Å²) in [4.78, 5) is 27.1. The molecule has 14 heavy (non-hydrogen) atoms. The topological polar surface area (TPSA) is 98.7 Å². The van der Waals surface area contributed by atoms with E-state index in [1.807, 2.05) is 0 Å². The van der Waals surface area contributed by atoms with E-state index in [-0.39, 0.29) is 18.6 Å². The van der Waals surface area contributed by atoms with E-state index in [2.05, 4.69) is 4.84 Å². The summed E-state index contributed by atoms with van der Waals surface area (Å²) in [6, 6.07) is 0. The molecule has 1 amide bonds. The number of nitrogens with zero attached hydrogens (tertiary/aromatic N) is 2. The standard InChI is InChI=1S/C7H13N3O4/c8-5-7(11)9-3-1-6(2-4-9)14-10(12)13/h6H,1-5,8H2. The number of nitrogens with two attached hydrogens (primary N) is 1. The summed E-state index contributed by atoms with van der Waals surface area (Å²) in [5.74, 6) is -0.121. The molecule has 7 heteroatoms. The maximum atomic E-state index is 11.1. The van der Waals surface area contributed by atoms with Gasteiger partial charge in [0.25, 0.3) is 5.09 Å². The van der Waals surface area contributed by atoms with Crippen LogP contribution in [0.5, 0.6) is 0 Å². The van der Waals surface area contributed by atoms with Crippen molar-refractivity contribution < 1.29 is 14.7 Å². The number of likely N-dealkylation sites (tertiary alicyclic amines) is 1.